The van der Waals surface area contributed by atoms with E-state index in [1.54, 1.807) is 55.7 Å². The van der Waals surface area contributed by atoms with E-state index in [2.05, 4.69) is 20.9 Å². The van der Waals surface area contributed by atoms with E-state index in [4.69, 9.17) is 9.47 Å². The van der Waals surface area contributed by atoms with Gasteiger partial charge in [-0.1, -0.05) is 78.1 Å². The Morgan fingerprint density at radius 1 is 0.800 bits per heavy atom. The van der Waals surface area contributed by atoms with Crippen LogP contribution in [0, 0.1) is 0 Å². The topological polar surface area (TPSA) is 119 Å². The molecule has 5 aromatic carbocycles. The first-order valence-electron chi connectivity index (χ1n) is 15.6. The third-order valence-corrected chi connectivity index (χ3v) is 9.20. The van der Waals surface area contributed by atoms with Crippen molar-refractivity contribution in [2.75, 3.05) is 23.5 Å². The highest BCUT2D eigenvalue weighted by molar-refractivity contribution is 8.00. The second-order valence-electron chi connectivity index (χ2n) is 10.9. The molecule has 0 aliphatic heterocycles. The van der Waals surface area contributed by atoms with Crippen LogP contribution >= 0.6 is 23.1 Å². The molecule has 6 rings (SSSR count). The number of nitrogens with zero attached hydrogens (tertiary/aromatic N) is 1. The smallest absolute Gasteiger partial charge is 0.272 e. The Labute approximate surface area is 297 Å². The van der Waals surface area contributed by atoms with E-state index < -0.39 is 11.8 Å². The van der Waals surface area contributed by atoms with Crippen molar-refractivity contribution in [1.29, 1.82) is 0 Å². The summed E-state index contributed by atoms with van der Waals surface area (Å²) in [6, 6.07) is 38.5. The van der Waals surface area contributed by atoms with E-state index in [0.29, 0.717) is 34.3 Å². The molecule has 0 aliphatic carbocycles. The Morgan fingerprint density at radius 3 is 2.30 bits per heavy atom. The maximum atomic E-state index is 13.6. The van der Waals surface area contributed by atoms with Crippen LogP contribution in [0.1, 0.15) is 21.5 Å². The summed E-state index contributed by atoms with van der Waals surface area (Å²) in [6.07, 6.45) is 1.61. The van der Waals surface area contributed by atoms with E-state index in [9.17, 15) is 14.4 Å². The molecular formula is C39H32N4O5S2. The molecule has 0 radical (unpaired) electrons. The minimum Gasteiger partial charge on any atom is -0.497 e. The highest BCUT2D eigenvalue weighted by atomic mass is 32.2. The number of rotatable bonds is 13. The van der Waals surface area contributed by atoms with Gasteiger partial charge in [-0.15, -0.1) is 11.8 Å². The van der Waals surface area contributed by atoms with Gasteiger partial charge in [0.2, 0.25) is 5.91 Å². The van der Waals surface area contributed by atoms with Crippen LogP contribution in [0.4, 0.5) is 10.8 Å². The van der Waals surface area contributed by atoms with Crippen molar-refractivity contribution >= 4 is 67.9 Å². The van der Waals surface area contributed by atoms with Gasteiger partial charge in [-0.25, -0.2) is 4.98 Å². The van der Waals surface area contributed by atoms with Gasteiger partial charge < -0.3 is 25.4 Å². The van der Waals surface area contributed by atoms with Crippen molar-refractivity contribution in [2.45, 2.75) is 11.5 Å². The van der Waals surface area contributed by atoms with Gasteiger partial charge in [0.1, 0.15) is 23.8 Å². The second-order valence-corrected chi connectivity index (χ2v) is 13.0. The summed E-state index contributed by atoms with van der Waals surface area (Å²) in [6.45, 7) is 0.429. The lowest BCUT2D eigenvalue weighted by Gasteiger charge is -2.12. The summed E-state index contributed by atoms with van der Waals surface area (Å²) in [7, 11) is 1.60. The van der Waals surface area contributed by atoms with Crippen LogP contribution in [0.5, 0.6) is 11.5 Å². The predicted molar refractivity (Wildman–Crippen MR) is 200 cm³/mol. The first-order valence-corrected chi connectivity index (χ1v) is 17.4. The number of ether oxygens (including phenoxy) is 2. The zero-order chi connectivity index (χ0) is 34.7. The molecule has 50 heavy (non-hydrogen) atoms. The second kappa shape index (κ2) is 16.5. The highest BCUT2D eigenvalue weighted by Crippen LogP contribution is 2.30. The van der Waals surface area contributed by atoms with Crippen LogP contribution in [-0.2, 0) is 16.2 Å². The largest absolute Gasteiger partial charge is 0.497 e. The number of hydrogen-bond donors (Lipinski definition) is 3. The van der Waals surface area contributed by atoms with Crippen LogP contribution in [0.15, 0.2) is 138 Å². The highest BCUT2D eigenvalue weighted by Gasteiger charge is 2.16. The first kappa shape index (κ1) is 34.0. The zero-order valence-corrected chi connectivity index (χ0v) is 28.6. The fourth-order valence-corrected chi connectivity index (χ4v) is 6.43. The Kier molecular flexibility index (Phi) is 11.2. The Hall–Kier alpha value is -5.91. The third kappa shape index (κ3) is 9.37. The van der Waals surface area contributed by atoms with E-state index >= 15 is 0 Å². The molecule has 0 atom stereocenters. The summed E-state index contributed by atoms with van der Waals surface area (Å²) in [5, 5.41) is 9.01. The summed E-state index contributed by atoms with van der Waals surface area (Å²) in [5.74, 6) is 0.403. The summed E-state index contributed by atoms with van der Waals surface area (Å²) in [5.41, 5.74) is 3.50. The Morgan fingerprint density at radius 2 is 1.54 bits per heavy atom. The van der Waals surface area contributed by atoms with E-state index in [1.165, 1.54) is 23.1 Å². The summed E-state index contributed by atoms with van der Waals surface area (Å²) < 4.78 is 12.1. The normalized spacial score (nSPS) is 11.1. The molecule has 1 aromatic heterocycles. The number of nitrogens with one attached hydrogen (secondary N) is 3. The maximum absolute atomic E-state index is 13.6. The molecule has 0 bridgehead atoms. The number of fused-ring (bicyclic) bond motifs is 1. The van der Waals surface area contributed by atoms with Gasteiger partial charge in [0.15, 0.2) is 5.13 Å². The Bertz CT molecular complexity index is 2140. The van der Waals surface area contributed by atoms with Gasteiger partial charge in [0, 0.05) is 16.1 Å². The molecule has 0 saturated carbocycles. The molecule has 9 nitrogen and oxygen atoms in total. The average Bonchev–Trinajstić information content (AvgIpc) is 3.55. The predicted octanol–water partition coefficient (Wildman–Crippen LogP) is 8.02. The van der Waals surface area contributed by atoms with Crippen LogP contribution < -0.4 is 25.4 Å². The number of thiazole rings is 1. The SMILES string of the molecule is COc1ccc2nc(NC(=O)CSc3cccc(NC(=O)/C(=C/c4ccc(OCc5ccccc5)cc4)NC(=O)c4ccccc4)c3)sc2c1. The molecule has 3 N–H and O–H groups in total. The average molecular weight is 701 g/mol. The zero-order valence-electron chi connectivity index (χ0n) is 26.9. The quantitative estimate of drug-likeness (QED) is 0.0825. The summed E-state index contributed by atoms with van der Waals surface area (Å²) >= 11 is 2.69. The number of anilines is 2. The van der Waals surface area contributed by atoms with E-state index in [-0.39, 0.29) is 17.4 Å². The monoisotopic (exact) mass is 700 g/mol. The van der Waals surface area contributed by atoms with Crippen LogP contribution in [0.3, 0.4) is 0 Å². The molecule has 0 spiro atoms. The molecule has 3 amide bonds. The van der Waals surface area contributed by atoms with Crippen molar-refractivity contribution < 1.29 is 23.9 Å². The van der Waals surface area contributed by atoms with Gasteiger partial charge >= 0.3 is 0 Å². The van der Waals surface area contributed by atoms with Gasteiger partial charge in [-0.05, 0) is 77.9 Å². The molecule has 250 valence electrons. The molecule has 11 heteroatoms. The number of thioether (sulfide) groups is 1. The summed E-state index contributed by atoms with van der Waals surface area (Å²) in [4.78, 5) is 44.7. The number of benzene rings is 5. The third-order valence-electron chi connectivity index (χ3n) is 7.27. The molecule has 0 unspecified atom stereocenters. The lowest BCUT2D eigenvalue weighted by molar-refractivity contribution is -0.114. The molecule has 1 heterocycles. The number of hydrogen-bond acceptors (Lipinski definition) is 8. The first-order chi connectivity index (χ1) is 24.4. The maximum Gasteiger partial charge on any atom is 0.272 e. The molecule has 6 aromatic rings. The molecule has 0 saturated heterocycles. The van der Waals surface area contributed by atoms with Gasteiger partial charge in [-0.2, -0.15) is 0 Å². The van der Waals surface area contributed by atoms with Crippen molar-refractivity contribution in [1.82, 2.24) is 10.3 Å². The fraction of sp³-hybridized carbons (Fsp3) is 0.0769. The Balaban J connectivity index is 1.11. The molecule has 0 aliphatic rings. The van der Waals surface area contributed by atoms with Gasteiger partial charge in [0.25, 0.3) is 11.8 Å². The lowest BCUT2D eigenvalue weighted by Crippen LogP contribution is -2.30. The van der Waals surface area contributed by atoms with Crippen LogP contribution in [0.2, 0.25) is 0 Å². The fourth-order valence-electron chi connectivity index (χ4n) is 4.76. The molecule has 0 fully saturated rings. The van der Waals surface area contributed by atoms with E-state index in [1.807, 2.05) is 84.9 Å². The standard InChI is InChI=1S/C39H32N4O5S2/c1-47-31-19-20-33-35(23-31)50-39(42-33)43-36(44)25-49-32-14-8-13-29(22-32)40-38(46)34(41-37(45)28-11-6-3-7-12-28)21-26-15-17-30(18-16-26)48-24-27-9-4-2-5-10-27/h2-23H,24-25H2,1H3,(H,40,46)(H,41,45)(H,42,43,44)/b34-21-. The van der Waals surface area contributed by atoms with Gasteiger partial charge in [-0.3, -0.25) is 14.4 Å². The number of methoxy groups -OCH3 is 1. The van der Waals surface area contributed by atoms with Gasteiger partial charge in [0.05, 0.1) is 23.1 Å². The van der Waals surface area contributed by atoms with Crippen LogP contribution in [0.25, 0.3) is 16.3 Å². The van der Waals surface area contributed by atoms with Crippen molar-refractivity contribution in [2.24, 2.45) is 0 Å². The number of amides is 3. The number of carbonyl (C=O) groups is 3. The minimum atomic E-state index is -0.508. The molecular weight excluding hydrogens is 669 g/mol. The van der Waals surface area contributed by atoms with Crippen molar-refractivity contribution in [3.63, 3.8) is 0 Å². The van der Waals surface area contributed by atoms with Crippen molar-refractivity contribution in [3.05, 3.63) is 150 Å². The lowest BCUT2D eigenvalue weighted by atomic mass is 10.1. The van der Waals surface area contributed by atoms with Crippen molar-refractivity contribution in [3.8, 4) is 11.5 Å². The van der Waals surface area contributed by atoms with Crippen LogP contribution in [-0.4, -0.2) is 35.6 Å². The number of aromatic nitrogens is 1. The minimum absolute atomic E-state index is 0.0581. The van der Waals surface area contributed by atoms with E-state index in [0.717, 1.165) is 26.4 Å². The number of carbonyl (C=O) groups excluding carboxylic acids is 3.